The Balaban J connectivity index is 1.92. The molecule has 1 unspecified atom stereocenters. The van der Waals surface area contributed by atoms with Crippen LogP contribution in [0, 0.1) is 6.92 Å². The van der Waals surface area contributed by atoms with Crippen LogP contribution in [0.1, 0.15) is 18.4 Å². The van der Waals surface area contributed by atoms with Crippen molar-refractivity contribution >= 4 is 0 Å². The van der Waals surface area contributed by atoms with Crippen LogP contribution < -0.4 is 4.74 Å². The summed E-state index contributed by atoms with van der Waals surface area (Å²) in [5.74, 6) is 0.950. The number of ether oxygens (including phenoxy) is 2. The number of hydrogen-bond donors (Lipinski definition) is 0. The summed E-state index contributed by atoms with van der Waals surface area (Å²) >= 11 is 0. The molecule has 76 valence electrons. The number of aryl methyl sites for hydroxylation is 1. The first kappa shape index (κ1) is 9.53. The normalized spacial score (nSPS) is 21.9. The van der Waals surface area contributed by atoms with Gasteiger partial charge in [-0.05, 0) is 31.9 Å². The van der Waals surface area contributed by atoms with Gasteiger partial charge in [-0.25, -0.2) is 0 Å². The van der Waals surface area contributed by atoms with Gasteiger partial charge in [0.25, 0.3) is 0 Å². The van der Waals surface area contributed by atoms with E-state index in [0.717, 1.165) is 31.8 Å². The van der Waals surface area contributed by atoms with Crippen molar-refractivity contribution in [3.63, 3.8) is 0 Å². The Labute approximate surface area is 84.8 Å². The smallest absolute Gasteiger partial charge is 0.122 e. The van der Waals surface area contributed by atoms with Gasteiger partial charge >= 0.3 is 0 Å². The summed E-state index contributed by atoms with van der Waals surface area (Å²) in [7, 11) is 0. The lowest BCUT2D eigenvalue weighted by atomic mass is 10.2. The Morgan fingerprint density at radius 2 is 2.07 bits per heavy atom. The highest BCUT2D eigenvalue weighted by molar-refractivity contribution is 5.26. The maximum atomic E-state index is 5.79. The van der Waals surface area contributed by atoms with Crippen LogP contribution in [0.4, 0.5) is 0 Å². The first-order valence-electron chi connectivity index (χ1n) is 5.16. The molecule has 0 aliphatic carbocycles. The number of rotatable bonds is 2. The topological polar surface area (TPSA) is 18.5 Å². The summed E-state index contributed by atoms with van der Waals surface area (Å²) in [6, 6.07) is 8.17. The molecule has 1 fully saturated rings. The summed E-state index contributed by atoms with van der Waals surface area (Å²) in [5, 5.41) is 0. The zero-order valence-electron chi connectivity index (χ0n) is 8.53. The van der Waals surface area contributed by atoms with Crippen molar-refractivity contribution in [2.24, 2.45) is 0 Å². The van der Waals surface area contributed by atoms with Crippen LogP contribution in [-0.2, 0) is 4.74 Å². The van der Waals surface area contributed by atoms with E-state index in [9.17, 15) is 0 Å². The molecule has 1 atom stereocenters. The Morgan fingerprint density at radius 1 is 1.29 bits per heavy atom. The Morgan fingerprint density at radius 3 is 2.71 bits per heavy atom. The highest BCUT2D eigenvalue weighted by Gasteiger charge is 2.14. The number of hydrogen-bond acceptors (Lipinski definition) is 2. The molecular weight excluding hydrogens is 176 g/mol. The predicted molar refractivity (Wildman–Crippen MR) is 55.6 cm³/mol. The molecule has 14 heavy (non-hydrogen) atoms. The highest BCUT2D eigenvalue weighted by atomic mass is 16.5. The quantitative estimate of drug-likeness (QED) is 0.717. The third-order valence-electron chi connectivity index (χ3n) is 2.44. The van der Waals surface area contributed by atoms with E-state index in [1.54, 1.807) is 0 Å². The SMILES string of the molecule is Cc1ccc(OC2CCCOC2)cc1. The third-order valence-corrected chi connectivity index (χ3v) is 2.44. The molecule has 0 N–H and O–H groups in total. The molecule has 0 aromatic heterocycles. The second-order valence-electron chi connectivity index (χ2n) is 3.77. The first-order chi connectivity index (χ1) is 6.84. The fraction of sp³-hybridized carbons (Fsp3) is 0.500. The minimum atomic E-state index is 0.242. The summed E-state index contributed by atoms with van der Waals surface area (Å²) in [4.78, 5) is 0. The van der Waals surface area contributed by atoms with Gasteiger partial charge in [0.2, 0.25) is 0 Å². The van der Waals surface area contributed by atoms with Crippen molar-refractivity contribution in [1.82, 2.24) is 0 Å². The Hall–Kier alpha value is -1.02. The second-order valence-corrected chi connectivity index (χ2v) is 3.77. The van der Waals surface area contributed by atoms with Gasteiger partial charge in [-0.3, -0.25) is 0 Å². The van der Waals surface area contributed by atoms with Crippen LogP contribution in [0.5, 0.6) is 5.75 Å². The lowest BCUT2D eigenvalue weighted by molar-refractivity contribution is 0.00743. The molecule has 1 aliphatic rings. The fourth-order valence-corrected chi connectivity index (χ4v) is 1.61. The van der Waals surface area contributed by atoms with Gasteiger partial charge in [0, 0.05) is 6.61 Å². The molecule has 1 heterocycles. The van der Waals surface area contributed by atoms with E-state index in [1.807, 2.05) is 12.1 Å². The van der Waals surface area contributed by atoms with Crippen LogP contribution >= 0.6 is 0 Å². The van der Waals surface area contributed by atoms with Crippen LogP contribution in [0.15, 0.2) is 24.3 Å². The average Bonchev–Trinajstić information content (AvgIpc) is 2.23. The zero-order valence-corrected chi connectivity index (χ0v) is 8.53. The summed E-state index contributed by atoms with van der Waals surface area (Å²) in [6.07, 6.45) is 2.45. The van der Waals surface area contributed by atoms with Crippen LogP contribution in [-0.4, -0.2) is 19.3 Å². The maximum absolute atomic E-state index is 5.79. The summed E-state index contributed by atoms with van der Waals surface area (Å²) < 4.78 is 11.1. The van der Waals surface area contributed by atoms with E-state index in [0.29, 0.717) is 0 Å². The fourth-order valence-electron chi connectivity index (χ4n) is 1.61. The average molecular weight is 192 g/mol. The van der Waals surface area contributed by atoms with E-state index in [1.165, 1.54) is 5.56 Å². The summed E-state index contributed by atoms with van der Waals surface area (Å²) in [5.41, 5.74) is 1.26. The van der Waals surface area contributed by atoms with Gasteiger partial charge in [-0.1, -0.05) is 17.7 Å². The van der Waals surface area contributed by atoms with Gasteiger partial charge in [-0.2, -0.15) is 0 Å². The molecule has 2 rings (SSSR count). The minimum absolute atomic E-state index is 0.242. The van der Waals surface area contributed by atoms with Gasteiger partial charge < -0.3 is 9.47 Å². The van der Waals surface area contributed by atoms with Crippen LogP contribution in [0.25, 0.3) is 0 Å². The lowest BCUT2D eigenvalue weighted by Gasteiger charge is -2.23. The van der Waals surface area contributed by atoms with E-state index >= 15 is 0 Å². The molecular formula is C12H16O2. The molecule has 1 aromatic carbocycles. The first-order valence-corrected chi connectivity index (χ1v) is 5.16. The molecule has 1 saturated heterocycles. The standard InChI is InChI=1S/C12H16O2/c1-10-4-6-11(7-5-10)14-12-3-2-8-13-9-12/h4-7,12H,2-3,8-9H2,1H3. The van der Waals surface area contributed by atoms with Crippen molar-refractivity contribution in [2.45, 2.75) is 25.9 Å². The molecule has 0 spiro atoms. The Bertz CT molecular complexity index is 273. The van der Waals surface area contributed by atoms with Crippen molar-refractivity contribution < 1.29 is 9.47 Å². The second kappa shape index (κ2) is 4.47. The Kier molecular flexibility index (Phi) is 3.04. The lowest BCUT2D eigenvalue weighted by Crippen LogP contribution is -2.27. The van der Waals surface area contributed by atoms with Gasteiger partial charge in [0.1, 0.15) is 11.9 Å². The van der Waals surface area contributed by atoms with Crippen LogP contribution in [0.3, 0.4) is 0 Å². The molecule has 0 bridgehead atoms. The van der Waals surface area contributed by atoms with Crippen molar-refractivity contribution in [1.29, 1.82) is 0 Å². The largest absolute Gasteiger partial charge is 0.488 e. The zero-order chi connectivity index (χ0) is 9.80. The van der Waals surface area contributed by atoms with Crippen molar-refractivity contribution in [3.8, 4) is 5.75 Å². The maximum Gasteiger partial charge on any atom is 0.122 e. The van der Waals surface area contributed by atoms with Gasteiger partial charge in [0.05, 0.1) is 6.61 Å². The van der Waals surface area contributed by atoms with Crippen LogP contribution in [0.2, 0.25) is 0 Å². The van der Waals surface area contributed by atoms with Gasteiger partial charge in [0.15, 0.2) is 0 Å². The van der Waals surface area contributed by atoms with Crippen molar-refractivity contribution in [3.05, 3.63) is 29.8 Å². The molecule has 1 aliphatic heterocycles. The molecule has 2 nitrogen and oxygen atoms in total. The van der Waals surface area contributed by atoms with E-state index < -0.39 is 0 Å². The molecule has 2 heteroatoms. The summed E-state index contributed by atoms with van der Waals surface area (Å²) in [6.45, 7) is 3.69. The predicted octanol–water partition coefficient (Wildman–Crippen LogP) is 2.55. The molecule has 0 amide bonds. The number of benzene rings is 1. The van der Waals surface area contributed by atoms with E-state index in [-0.39, 0.29) is 6.10 Å². The molecule has 0 radical (unpaired) electrons. The van der Waals surface area contributed by atoms with E-state index in [4.69, 9.17) is 9.47 Å². The van der Waals surface area contributed by atoms with E-state index in [2.05, 4.69) is 19.1 Å². The highest BCUT2D eigenvalue weighted by Crippen LogP contribution is 2.17. The molecule has 0 saturated carbocycles. The minimum Gasteiger partial charge on any atom is -0.488 e. The van der Waals surface area contributed by atoms with Crippen molar-refractivity contribution in [2.75, 3.05) is 13.2 Å². The molecule has 1 aromatic rings. The third kappa shape index (κ3) is 2.48. The van der Waals surface area contributed by atoms with Gasteiger partial charge in [-0.15, -0.1) is 0 Å². The monoisotopic (exact) mass is 192 g/mol.